The van der Waals surface area contributed by atoms with E-state index < -0.39 is 0 Å². The lowest BCUT2D eigenvalue weighted by Gasteiger charge is -2.32. The van der Waals surface area contributed by atoms with Crippen molar-refractivity contribution in [3.05, 3.63) is 16.4 Å². The van der Waals surface area contributed by atoms with Crippen LogP contribution in [0.3, 0.4) is 0 Å². The minimum atomic E-state index is 0.751. The molecule has 1 aromatic heterocycles. The average Bonchev–Trinajstić information content (AvgIpc) is 2.76. The highest BCUT2D eigenvalue weighted by Gasteiger charge is 2.27. The van der Waals surface area contributed by atoms with E-state index in [1.807, 2.05) is 11.7 Å². The molecule has 1 fully saturated rings. The first-order valence-corrected chi connectivity index (χ1v) is 8.96. The summed E-state index contributed by atoms with van der Waals surface area (Å²) in [5.41, 5.74) is 2.28. The molecule has 0 radical (unpaired) electrons. The summed E-state index contributed by atoms with van der Waals surface area (Å²) in [6, 6.07) is 0. The fourth-order valence-corrected chi connectivity index (χ4v) is 3.95. The van der Waals surface area contributed by atoms with Gasteiger partial charge in [-0.05, 0) is 57.0 Å². The van der Waals surface area contributed by atoms with Gasteiger partial charge in [0.2, 0.25) is 0 Å². The predicted octanol–water partition coefficient (Wildman–Crippen LogP) is 3.98. The van der Waals surface area contributed by atoms with Crippen LogP contribution in [0.5, 0.6) is 0 Å². The number of hydrogen-bond donors (Lipinski definition) is 1. The van der Waals surface area contributed by atoms with Gasteiger partial charge in [0.15, 0.2) is 0 Å². The lowest BCUT2D eigenvalue weighted by molar-refractivity contribution is 0.226. The molecule has 0 spiro atoms. The van der Waals surface area contributed by atoms with Crippen molar-refractivity contribution in [2.24, 2.45) is 18.9 Å². The summed E-state index contributed by atoms with van der Waals surface area (Å²) < 4.78 is 2.01. The molecule has 2 rings (SSSR count). The van der Waals surface area contributed by atoms with E-state index in [-0.39, 0.29) is 0 Å². The van der Waals surface area contributed by atoms with Gasteiger partial charge in [-0.25, -0.2) is 0 Å². The van der Waals surface area contributed by atoms with Crippen LogP contribution in [0, 0.1) is 11.8 Å². The molecule has 1 aliphatic carbocycles. The van der Waals surface area contributed by atoms with E-state index >= 15 is 0 Å². The van der Waals surface area contributed by atoms with Gasteiger partial charge in [0, 0.05) is 7.05 Å². The van der Waals surface area contributed by atoms with Crippen LogP contribution >= 0.6 is 11.6 Å². The van der Waals surface area contributed by atoms with Gasteiger partial charge < -0.3 is 5.32 Å². The van der Waals surface area contributed by atoms with Crippen molar-refractivity contribution in [1.29, 1.82) is 0 Å². The Morgan fingerprint density at radius 3 is 2.57 bits per heavy atom. The van der Waals surface area contributed by atoms with Crippen molar-refractivity contribution in [2.75, 3.05) is 13.1 Å². The summed E-state index contributed by atoms with van der Waals surface area (Å²) in [5, 5.41) is 9.08. The summed E-state index contributed by atoms with van der Waals surface area (Å²) in [6.45, 7) is 6.65. The van der Waals surface area contributed by atoms with E-state index in [0.29, 0.717) is 0 Å². The number of nitrogens with one attached hydrogen (secondary N) is 1. The Kier molecular flexibility index (Phi) is 6.56. The Balaban J connectivity index is 2.03. The molecule has 1 aromatic rings. The predicted molar refractivity (Wildman–Crippen MR) is 89.9 cm³/mol. The Bertz CT molecular complexity index is 441. The van der Waals surface area contributed by atoms with Gasteiger partial charge in [-0.15, -0.1) is 0 Å². The highest BCUT2D eigenvalue weighted by atomic mass is 35.5. The van der Waals surface area contributed by atoms with E-state index in [9.17, 15) is 0 Å². The van der Waals surface area contributed by atoms with Gasteiger partial charge in [0.25, 0.3) is 0 Å². The minimum absolute atomic E-state index is 0.751. The largest absolute Gasteiger partial charge is 0.316 e. The Hall–Kier alpha value is -0.540. The highest BCUT2D eigenvalue weighted by molar-refractivity contribution is 6.31. The number of nitrogens with zero attached hydrogens (tertiary/aromatic N) is 2. The molecular formula is C17H30ClN3. The average molecular weight is 312 g/mol. The van der Waals surface area contributed by atoms with Crippen LogP contribution < -0.4 is 5.32 Å². The first-order valence-electron chi connectivity index (χ1n) is 8.58. The maximum absolute atomic E-state index is 6.52. The molecule has 3 nitrogen and oxygen atoms in total. The molecule has 1 aliphatic rings. The van der Waals surface area contributed by atoms with Crippen LogP contribution in [0.4, 0.5) is 0 Å². The van der Waals surface area contributed by atoms with E-state index in [1.54, 1.807) is 0 Å². The van der Waals surface area contributed by atoms with Gasteiger partial charge in [-0.2, -0.15) is 5.10 Å². The van der Waals surface area contributed by atoms with Crippen LogP contribution in [0.1, 0.15) is 57.3 Å². The number of halogens is 1. The zero-order valence-corrected chi connectivity index (χ0v) is 14.5. The molecule has 0 amide bonds. The molecular weight excluding hydrogens is 282 g/mol. The molecule has 21 heavy (non-hydrogen) atoms. The van der Waals surface area contributed by atoms with Crippen LogP contribution in [-0.2, 0) is 19.9 Å². The molecule has 1 heterocycles. The van der Waals surface area contributed by atoms with E-state index in [0.717, 1.165) is 48.5 Å². The lowest BCUT2D eigenvalue weighted by atomic mass is 9.76. The Labute approximate surface area is 134 Å². The number of hydrogen-bond acceptors (Lipinski definition) is 2. The summed E-state index contributed by atoms with van der Waals surface area (Å²) in [6.07, 6.45) is 8.66. The number of aromatic nitrogens is 2. The Morgan fingerprint density at radius 2 is 1.95 bits per heavy atom. The first kappa shape index (κ1) is 16.8. The van der Waals surface area contributed by atoms with Crippen molar-refractivity contribution in [1.82, 2.24) is 15.1 Å². The maximum atomic E-state index is 6.52. The molecule has 0 aliphatic heterocycles. The van der Waals surface area contributed by atoms with Crippen molar-refractivity contribution in [3.8, 4) is 0 Å². The number of aryl methyl sites for hydroxylation is 2. The third kappa shape index (κ3) is 4.23. The van der Waals surface area contributed by atoms with Crippen LogP contribution in [-0.4, -0.2) is 22.9 Å². The molecule has 2 unspecified atom stereocenters. The lowest BCUT2D eigenvalue weighted by Crippen LogP contribution is -2.32. The summed E-state index contributed by atoms with van der Waals surface area (Å²) >= 11 is 6.52. The zero-order chi connectivity index (χ0) is 15.2. The molecule has 1 saturated carbocycles. The smallest absolute Gasteiger partial charge is 0.0849 e. The van der Waals surface area contributed by atoms with E-state index in [4.69, 9.17) is 11.6 Å². The second kappa shape index (κ2) is 8.19. The molecule has 1 N–H and O–H groups in total. The molecule has 0 bridgehead atoms. The summed E-state index contributed by atoms with van der Waals surface area (Å²) in [5.74, 6) is 1.54. The van der Waals surface area contributed by atoms with Crippen molar-refractivity contribution >= 4 is 11.6 Å². The monoisotopic (exact) mass is 311 g/mol. The normalized spacial score (nSPS) is 22.7. The summed E-state index contributed by atoms with van der Waals surface area (Å²) in [7, 11) is 2.04. The zero-order valence-electron chi connectivity index (χ0n) is 13.8. The molecule has 0 aromatic carbocycles. The maximum Gasteiger partial charge on any atom is 0.0849 e. The van der Waals surface area contributed by atoms with Crippen LogP contribution in [0.25, 0.3) is 0 Å². The van der Waals surface area contributed by atoms with E-state index in [1.165, 1.54) is 37.8 Å². The fraction of sp³-hybridized carbons (Fsp3) is 0.824. The third-order valence-corrected chi connectivity index (χ3v) is 5.29. The fourth-order valence-electron chi connectivity index (χ4n) is 3.58. The molecule has 120 valence electrons. The van der Waals surface area contributed by atoms with Crippen molar-refractivity contribution < 1.29 is 0 Å². The highest BCUT2D eigenvalue weighted by Crippen LogP contribution is 2.34. The van der Waals surface area contributed by atoms with E-state index in [2.05, 4.69) is 24.3 Å². The quantitative estimate of drug-likeness (QED) is 0.772. The second-order valence-electron chi connectivity index (χ2n) is 6.40. The van der Waals surface area contributed by atoms with Crippen LogP contribution in [0.15, 0.2) is 0 Å². The van der Waals surface area contributed by atoms with Crippen LogP contribution in [0.2, 0.25) is 5.02 Å². The van der Waals surface area contributed by atoms with Gasteiger partial charge >= 0.3 is 0 Å². The van der Waals surface area contributed by atoms with Gasteiger partial charge in [0.05, 0.1) is 16.4 Å². The number of rotatable bonds is 7. The second-order valence-corrected chi connectivity index (χ2v) is 6.78. The summed E-state index contributed by atoms with van der Waals surface area (Å²) in [4.78, 5) is 0. The molecule has 0 saturated heterocycles. The SMILES string of the molecule is CCCNCC1CCCCC1Cc1c(Cl)c(CC)nn1C. The Morgan fingerprint density at radius 1 is 1.24 bits per heavy atom. The topological polar surface area (TPSA) is 29.9 Å². The molecule has 2 atom stereocenters. The standard InChI is InChI=1S/C17H30ClN3/c1-4-10-19-12-14-9-7-6-8-13(14)11-16-17(18)15(5-2)20-21(16)3/h13-14,19H,4-12H2,1-3H3. The van der Waals surface area contributed by atoms with Gasteiger partial charge in [0.1, 0.15) is 0 Å². The van der Waals surface area contributed by atoms with Crippen molar-refractivity contribution in [3.63, 3.8) is 0 Å². The van der Waals surface area contributed by atoms with Crippen molar-refractivity contribution in [2.45, 2.75) is 58.8 Å². The van der Waals surface area contributed by atoms with Gasteiger partial charge in [-0.1, -0.05) is 38.3 Å². The third-order valence-electron chi connectivity index (χ3n) is 4.86. The first-order chi connectivity index (χ1) is 10.2. The minimum Gasteiger partial charge on any atom is -0.316 e. The molecule has 4 heteroatoms. The van der Waals surface area contributed by atoms with Gasteiger partial charge in [-0.3, -0.25) is 4.68 Å².